The smallest absolute Gasteiger partial charge is 0.254 e. The van der Waals surface area contributed by atoms with Gasteiger partial charge in [-0.1, -0.05) is 55.8 Å². The third-order valence-corrected chi connectivity index (χ3v) is 7.12. The summed E-state index contributed by atoms with van der Waals surface area (Å²) in [6.45, 7) is 2.66. The molecular weight excluding hydrogens is 478 g/mol. The molecule has 2 amide bonds. The van der Waals surface area contributed by atoms with E-state index in [9.17, 15) is 9.59 Å². The van der Waals surface area contributed by atoms with Crippen LogP contribution in [-0.2, 0) is 4.79 Å². The van der Waals surface area contributed by atoms with E-state index in [1.165, 1.54) is 0 Å². The van der Waals surface area contributed by atoms with Gasteiger partial charge in [0.2, 0.25) is 12.7 Å². The molecule has 7 nitrogen and oxygen atoms in total. The van der Waals surface area contributed by atoms with Gasteiger partial charge in [-0.05, 0) is 54.4 Å². The third kappa shape index (κ3) is 4.20. The van der Waals surface area contributed by atoms with E-state index >= 15 is 0 Å². The minimum absolute atomic E-state index is 0.0361. The standard InChI is InChI=1S/C31H29N3O4/c1-2-3-17-32(31(36)23-15-16-27-28(19-23)38-21-37-27)20-29(35)34-25-13-8-7-12-24(25)33-18-9-14-26(33)30(34)22-10-5-4-6-11-22/h4-16,18-19,30H,2-3,17,20-21H2,1H3. The molecule has 0 fully saturated rings. The first-order valence-electron chi connectivity index (χ1n) is 13.0. The quantitative estimate of drug-likeness (QED) is 0.327. The molecule has 6 rings (SSSR count). The molecule has 192 valence electrons. The van der Waals surface area contributed by atoms with Crippen molar-refractivity contribution in [2.24, 2.45) is 0 Å². The van der Waals surface area contributed by atoms with Crippen LogP contribution in [0.25, 0.3) is 5.69 Å². The predicted octanol–water partition coefficient (Wildman–Crippen LogP) is 5.58. The number of ether oxygens (including phenoxy) is 2. The number of hydrogen-bond acceptors (Lipinski definition) is 4. The summed E-state index contributed by atoms with van der Waals surface area (Å²) in [4.78, 5) is 31.4. The third-order valence-electron chi connectivity index (χ3n) is 7.12. The lowest BCUT2D eigenvalue weighted by molar-refractivity contribution is -0.119. The molecule has 1 atom stereocenters. The highest BCUT2D eigenvalue weighted by Crippen LogP contribution is 2.42. The second-order valence-electron chi connectivity index (χ2n) is 9.52. The van der Waals surface area contributed by atoms with Crippen molar-refractivity contribution in [3.05, 3.63) is 108 Å². The Kier molecular flexibility index (Phi) is 6.33. The Morgan fingerprint density at radius 2 is 1.66 bits per heavy atom. The number of anilines is 1. The number of fused-ring (bicyclic) bond motifs is 4. The number of nitrogens with zero attached hydrogens (tertiary/aromatic N) is 3. The Morgan fingerprint density at radius 3 is 2.47 bits per heavy atom. The summed E-state index contributed by atoms with van der Waals surface area (Å²) in [5.41, 5.74) is 4.25. The van der Waals surface area contributed by atoms with Crippen molar-refractivity contribution >= 4 is 17.5 Å². The van der Waals surface area contributed by atoms with E-state index in [4.69, 9.17) is 9.47 Å². The minimum Gasteiger partial charge on any atom is -0.454 e. The SMILES string of the molecule is CCCCN(CC(=O)N1c2ccccc2-n2cccc2C1c1ccccc1)C(=O)c1ccc2c(c1)OCO2. The lowest BCUT2D eigenvalue weighted by Crippen LogP contribution is -2.47. The second kappa shape index (κ2) is 10.1. The zero-order chi connectivity index (χ0) is 26.1. The lowest BCUT2D eigenvalue weighted by atomic mass is 9.97. The summed E-state index contributed by atoms with van der Waals surface area (Å²) < 4.78 is 13.0. The first-order chi connectivity index (χ1) is 18.7. The summed E-state index contributed by atoms with van der Waals surface area (Å²) in [7, 11) is 0. The maximum absolute atomic E-state index is 14.3. The van der Waals surface area contributed by atoms with Gasteiger partial charge in [0.1, 0.15) is 12.6 Å². The van der Waals surface area contributed by atoms with Crippen LogP contribution in [0.5, 0.6) is 11.5 Å². The second-order valence-corrected chi connectivity index (χ2v) is 9.52. The minimum atomic E-state index is -0.317. The number of hydrogen-bond donors (Lipinski definition) is 0. The van der Waals surface area contributed by atoms with Crippen LogP contribution in [0, 0.1) is 0 Å². The van der Waals surface area contributed by atoms with Gasteiger partial charge in [-0.25, -0.2) is 0 Å². The average molecular weight is 508 g/mol. The van der Waals surface area contributed by atoms with E-state index in [0.717, 1.165) is 35.5 Å². The van der Waals surface area contributed by atoms with Crippen LogP contribution in [0.4, 0.5) is 5.69 Å². The van der Waals surface area contributed by atoms with Crippen molar-refractivity contribution in [1.82, 2.24) is 9.47 Å². The van der Waals surface area contributed by atoms with Crippen molar-refractivity contribution < 1.29 is 19.1 Å². The molecule has 0 saturated carbocycles. The Balaban J connectivity index is 1.37. The van der Waals surface area contributed by atoms with Gasteiger partial charge in [-0.2, -0.15) is 0 Å². The molecule has 0 aliphatic carbocycles. The van der Waals surface area contributed by atoms with E-state index in [1.54, 1.807) is 23.1 Å². The largest absolute Gasteiger partial charge is 0.454 e. The number of aromatic nitrogens is 1. The maximum atomic E-state index is 14.3. The van der Waals surface area contributed by atoms with Crippen LogP contribution >= 0.6 is 0 Å². The number of para-hydroxylation sites is 2. The highest BCUT2D eigenvalue weighted by Gasteiger charge is 2.37. The molecule has 1 unspecified atom stereocenters. The van der Waals surface area contributed by atoms with Crippen molar-refractivity contribution in [1.29, 1.82) is 0 Å². The molecule has 2 aliphatic rings. The highest BCUT2D eigenvalue weighted by atomic mass is 16.7. The van der Waals surface area contributed by atoms with Crippen molar-refractivity contribution in [2.45, 2.75) is 25.8 Å². The number of benzene rings is 3. The molecule has 38 heavy (non-hydrogen) atoms. The van der Waals surface area contributed by atoms with Gasteiger partial charge < -0.3 is 18.9 Å². The number of carbonyl (C=O) groups is 2. The fourth-order valence-electron chi connectivity index (χ4n) is 5.27. The van der Waals surface area contributed by atoms with E-state index in [1.807, 2.05) is 71.8 Å². The molecule has 7 heteroatoms. The first-order valence-corrected chi connectivity index (χ1v) is 13.0. The summed E-state index contributed by atoms with van der Waals surface area (Å²) in [5.74, 6) is 0.836. The summed E-state index contributed by atoms with van der Waals surface area (Å²) in [5, 5.41) is 0. The van der Waals surface area contributed by atoms with Crippen LogP contribution in [-0.4, -0.2) is 41.2 Å². The van der Waals surface area contributed by atoms with Gasteiger partial charge >= 0.3 is 0 Å². The molecule has 4 aromatic rings. The normalized spacial score (nSPS) is 15.1. The molecule has 0 N–H and O–H groups in total. The summed E-state index contributed by atoms with van der Waals surface area (Å²) in [6.07, 6.45) is 3.74. The van der Waals surface area contributed by atoms with Gasteiger partial charge in [0, 0.05) is 18.3 Å². The predicted molar refractivity (Wildman–Crippen MR) is 145 cm³/mol. The molecule has 1 aromatic heterocycles. The fourth-order valence-corrected chi connectivity index (χ4v) is 5.27. The van der Waals surface area contributed by atoms with Gasteiger partial charge in [0.05, 0.1) is 17.1 Å². The van der Waals surface area contributed by atoms with Crippen molar-refractivity contribution in [2.75, 3.05) is 24.8 Å². The maximum Gasteiger partial charge on any atom is 0.254 e. The molecule has 3 heterocycles. The van der Waals surface area contributed by atoms with E-state index in [-0.39, 0.29) is 31.2 Å². The van der Waals surface area contributed by atoms with Gasteiger partial charge in [0.25, 0.3) is 5.91 Å². The molecule has 0 saturated heterocycles. The molecule has 0 radical (unpaired) electrons. The Bertz CT molecular complexity index is 1480. The van der Waals surface area contributed by atoms with Crippen LogP contribution in [0.3, 0.4) is 0 Å². The van der Waals surface area contributed by atoms with Crippen LogP contribution in [0.15, 0.2) is 91.1 Å². The molecule has 3 aromatic carbocycles. The summed E-state index contributed by atoms with van der Waals surface area (Å²) >= 11 is 0. The molecule has 0 bridgehead atoms. The molecule has 2 aliphatic heterocycles. The zero-order valence-electron chi connectivity index (χ0n) is 21.2. The number of rotatable bonds is 7. The Morgan fingerprint density at radius 1 is 0.895 bits per heavy atom. The monoisotopic (exact) mass is 507 g/mol. The number of unbranched alkanes of at least 4 members (excludes halogenated alkanes) is 1. The van der Waals surface area contributed by atoms with E-state index in [2.05, 4.69) is 17.6 Å². The fraction of sp³-hybridized carbons (Fsp3) is 0.226. The Labute approximate surface area is 221 Å². The van der Waals surface area contributed by atoms with Crippen molar-refractivity contribution in [3.63, 3.8) is 0 Å². The first kappa shape index (κ1) is 23.9. The van der Waals surface area contributed by atoms with Crippen LogP contribution in [0.2, 0.25) is 0 Å². The molecular formula is C31H29N3O4. The van der Waals surface area contributed by atoms with Crippen LogP contribution < -0.4 is 14.4 Å². The highest BCUT2D eigenvalue weighted by molar-refractivity contribution is 6.02. The lowest BCUT2D eigenvalue weighted by Gasteiger charge is -2.39. The zero-order valence-corrected chi connectivity index (χ0v) is 21.2. The average Bonchev–Trinajstić information content (AvgIpc) is 3.64. The molecule has 0 spiro atoms. The Hall–Kier alpha value is -4.52. The van der Waals surface area contributed by atoms with Gasteiger partial charge in [-0.3, -0.25) is 14.5 Å². The topological polar surface area (TPSA) is 64.0 Å². The number of amides is 2. The summed E-state index contributed by atoms with van der Waals surface area (Å²) in [6, 6.07) is 26.9. The van der Waals surface area contributed by atoms with Crippen LogP contribution in [0.1, 0.15) is 47.4 Å². The van der Waals surface area contributed by atoms with Gasteiger partial charge in [-0.15, -0.1) is 0 Å². The van der Waals surface area contributed by atoms with Gasteiger partial charge in [0.15, 0.2) is 11.5 Å². The van der Waals surface area contributed by atoms with E-state index < -0.39 is 0 Å². The van der Waals surface area contributed by atoms with Crippen molar-refractivity contribution in [3.8, 4) is 17.2 Å². The van der Waals surface area contributed by atoms with E-state index in [0.29, 0.717) is 23.6 Å². The number of carbonyl (C=O) groups excluding carboxylic acids is 2.